The number of hydrogen-bond acceptors (Lipinski definition) is 4. The average Bonchev–Trinajstić information content (AvgIpc) is 2.27. The number of rotatable bonds is 5. The van der Waals surface area contributed by atoms with Crippen molar-refractivity contribution in [2.45, 2.75) is 11.8 Å². The molecule has 0 spiro atoms. The predicted octanol–water partition coefficient (Wildman–Crippen LogP) is 0.365. The molecular formula is C11H19N3O2S. The largest absolute Gasteiger partial charge is 0.374 e. The molecule has 0 heterocycles. The fraction of sp³-hybridized carbons (Fsp3) is 0.455. The Morgan fingerprint density at radius 2 is 1.82 bits per heavy atom. The fourth-order valence-corrected chi connectivity index (χ4v) is 2.05. The molecule has 6 heteroatoms. The summed E-state index contributed by atoms with van der Waals surface area (Å²) in [5, 5.41) is 5.03. The SMILES string of the molecule is CC(CN)CN(C)c1ccc(S(N)(=O)=O)cc1. The molecule has 0 radical (unpaired) electrons. The van der Waals surface area contributed by atoms with Crippen LogP contribution in [0.2, 0.25) is 0 Å². The predicted molar refractivity (Wildman–Crippen MR) is 69.3 cm³/mol. The third kappa shape index (κ3) is 3.99. The lowest BCUT2D eigenvalue weighted by Crippen LogP contribution is -2.28. The number of sulfonamides is 1. The molecule has 0 aliphatic rings. The maximum Gasteiger partial charge on any atom is 0.238 e. The van der Waals surface area contributed by atoms with Crippen molar-refractivity contribution in [1.29, 1.82) is 0 Å². The topological polar surface area (TPSA) is 89.4 Å². The molecule has 1 rings (SSSR count). The summed E-state index contributed by atoms with van der Waals surface area (Å²) in [4.78, 5) is 2.16. The van der Waals surface area contributed by atoms with Crippen LogP contribution in [0.25, 0.3) is 0 Å². The summed E-state index contributed by atoms with van der Waals surface area (Å²) in [6.07, 6.45) is 0. The summed E-state index contributed by atoms with van der Waals surface area (Å²) in [5.41, 5.74) is 6.50. The summed E-state index contributed by atoms with van der Waals surface area (Å²) >= 11 is 0. The number of anilines is 1. The molecule has 0 saturated carbocycles. The lowest BCUT2D eigenvalue weighted by molar-refractivity contribution is 0.589. The first-order valence-corrected chi connectivity index (χ1v) is 6.93. The molecule has 0 amide bonds. The van der Waals surface area contributed by atoms with Crippen LogP contribution in [-0.4, -0.2) is 28.6 Å². The van der Waals surface area contributed by atoms with E-state index < -0.39 is 10.0 Å². The smallest absolute Gasteiger partial charge is 0.238 e. The monoisotopic (exact) mass is 257 g/mol. The van der Waals surface area contributed by atoms with Crippen molar-refractivity contribution in [2.24, 2.45) is 16.8 Å². The lowest BCUT2D eigenvalue weighted by Gasteiger charge is -2.22. The van der Waals surface area contributed by atoms with Crippen LogP contribution >= 0.6 is 0 Å². The number of benzene rings is 1. The summed E-state index contributed by atoms with van der Waals surface area (Å²) in [6, 6.07) is 6.49. The van der Waals surface area contributed by atoms with Crippen LogP contribution in [0.15, 0.2) is 29.2 Å². The first kappa shape index (κ1) is 14.0. The van der Waals surface area contributed by atoms with Crippen molar-refractivity contribution >= 4 is 15.7 Å². The van der Waals surface area contributed by atoms with Crippen molar-refractivity contribution in [3.05, 3.63) is 24.3 Å². The van der Waals surface area contributed by atoms with Crippen LogP contribution < -0.4 is 15.8 Å². The Morgan fingerprint density at radius 1 is 1.29 bits per heavy atom. The molecule has 96 valence electrons. The Hall–Kier alpha value is -1.11. The zero-order chi connectivity index (χ0) is 13.1. The van der Waals surface area contributed by atoms with Crippen molar-refractivity contribution in [3.63, 3.8) is 0 Å². The van der Waals surface area contributed by atoms with E-state index in [4.69, 9.17) is 10.9 Å². The molecule has 0 aliphatic carbocycles. The molecule has 0 aromatic heterocycles. The first-order chi connectivity index (χ1) is 7.84. The van der Waals surface area contributed by atoms with Crippen molar-refractivity contribution < 1.29 is 8.42 Å². The molecule has 0 bridgehead atoms. The molecule has 1 aromatic rings. The van der Waals surface area contributed by atoms with E-state index in [-0.39, 0.29) is 4.90 Å². The average molecular weight is 257 g/mol. The molecule has 17 heavy (non-hydrogen) atoms. The van der Waals surface area contributed by atoms with Crippen LogP contribution in [0.4, 0.5) is 5.69 Å². The van der Waals surface area contributed by atoms with Gasteiger partial charge < -0.3 is 10.6 Å². The third-order valence-electron chi connectivity index (χ3n) is 2.59. The van der Waals surface area contributed by atoms with Gasteiger partial charge in [0.05, 0.1) is 4.90 Å². The maximum atomic E-state index is 11.1. The minimum atomic E-state index is -3.61. The second-order valence-corrected chi connectivity index (χ2v) is 5.82. The normalized spacial score (nSPS) is 13.4. The summed E-state index contributed by atoms with van der Waals surface area (Å²) in [7, 11) is -1.67. The van der Waals surface area contributed by atoms with E-state index >= 15 is 0 Å². The molecule has 5 nitrogen and oxygen atoms in total. The van der Waals surface area contributed by atoms with Gasteiger partial charge in [-0.05, 0) is 36.7 Å². The Kier molecular flexibility index (Phi) is 4.50. The van der Waals surface area contributed by atoms with Gasteiger partial charge in [-0.3, -0.25) is 0 Å². The molecule has 1 atom stereocenters. The van der Waals surface area contributed by atoms with E-state index in [1.807, 2.05) is 11.9 Å². The Morgan fingerprint density at radius 3 is 2.24 bits per heavy atom. The van der Waals surface area contributed by atoms with Gasteiger partial charge in [-0.25, -0.2) is 13.6 Å². The molecule has 0 saturated heterocycles. The van der Waals surface area contributed by atoms with Crippen LogP contribution in [0.5, 0.6) is 0 Å². The fourth-order valence-electron chi connectivity index (χ4n) is 1.54. The van der Waals surface area contributed by atoms with Gasteiger partial charge in [0.2, 0.25) is 10.0 Å². The summed E-state index contributed by atoms with van der Waals surface area (Å²) in [5.74, 6) is 0.387. The minimum absolute atomic E-state index is 0.126. The maximum absolute atomic E-state index is 11.1. The van der Waals surface area contributed by atoms with E-state index in [2.05, 4.69) is 6.92 Å². The van der Waals surface area contributed by atoms with Crippen LogP contribution in [0.3, 0.4) is 0 Å². The molecule has 4 N–H and O–H groups in total. The quantitative estimate of drug-likeness (QED) is 0.797. The first-order valence-electron chi connectivity index (χ1n) is 5.38. The summed E-state index contributed by atoms with van der Waals surface area (Å²) < 4.78 is 22.2. The Balaban J connectivity index is 2.81. The van der Waals surface area contributed by atoms with Gasteiger partial charge in [0.1, 0.15) is 0 Å². The van der Waals surface area contributed by atoms with Crippen LogP contribution in [0.1, 0.15) is 6.92 Å². The van der Waals surface area contributed by atoms with Crippen molar-refractivity contribution in [1.82, 2.24) is 0 Å². The van der Waals surface area contributed by atoms with E-state index in [0.29, 0.717) is 12.5 Å². The molecule has 0 fully saturated rings. The Labute approximate surface area is 102 Å². The standard InChI is InChI=1S/C11H19N3O2S/c1-9(7-12)8-14(2)10-3-5-11(6-4-10)17(13,15)16/h3-6,9H,7-8,12H2,1-2H3,(H2,13,15,16). The number of nitrogens with zero attached hydrogens (tertiary/aromatic N) is 1. The highest BCUT2D eigenvalue weighted by Crippen LogP contribution is 2.16. The molecule has 0 aliphatic heterocycles. The zero-order valence-electron chi connectivity index (χ0n) is 10.1. The third-order valence-corrected chi connectivity index (χ3v) is 3.52. The molecule has 1 unspecified atom stereocenters. The highest BCUT2D eigenvalue weighted by Gasteiger charge is 2.09. The van der Waals surface area contributed by atoms with Crippen LogP contribution in [0, 0.1) is 5.92 Å². The van der Waals surface area contributed by atoms with Gasteiger partial charge >= 0.3 is 0 Å². The van der Waals surface area contributed by atoms with E-state index in [1.165, 1.54) is 12.1 Å². The lowest BCUT2D eigenvalue weighted by atomic mass is 10.1. The molecular weight excluding hydrogens is 238 g/mol. The minimum Gasteiger partial charge on any atom is -0.374 e. The van der Waals surface area contributed by atoms with Gasteiger partial charge in [-0.15, -0.1) is 0 Å². The van der Waals surface area contributed by atoms with E-state index in [1.54, 1.807) is 12.1 Å². The number of nitrogens with two attached hydrogens (primary N) is 2. The van der Waals surface area contributed by atoms with E-state index in [9.17, 15) is 8.42 Å². The number of primary sulfonamides is 1. The van der Waals surface area contributed by atoms with Crippen LogP contribution in [-0.2, 0) is 10.0 Å². The van der Waals surface area contributed by atoms with Gasteiger partial charge in [0.25, 0.3) is 0 Å². The van der Waals surface area contributed by atoms with Gasteiger partial charge in [-0.1, -0.05) is 6.92 Å². The van der Waals surface area contributed by atoms with Gasteiger partial charge in [-0.2, -0.15) is 0 Å². The number of hydrogen-bond donors (Lipinski definition) is 2. The highest BCUT2D eigenvalue weighted by molar-refractivity contribution is 7.89. The Bertz CT molecular complexity index is 456. The molecule has 1 aromatic carbocycles. The summed E-state index contributed by atoms with van der Waals surface area (Å²) in [6.45, 7) is 3.51. The van der Waals surface area contributed by atoms with Crippen molar-refractivity contribution in [2.75, 3.05) is 25.0 Å². The highest BCUT2D eigenvalue weighted by atomic mass is 32.2. The second kappa shape index (κ2) is 5.48. The van der Waals surface area contributed by atoms with Crippen molar-refractivity contribution in [3.8, 4) is 0 Å². The second-order valence-electron chi connectivity index (χ2n) is 4.26. The zero-order valence-corrected chi connectivity index (χ0v) is 10.9. The van der Waals surface area contributed by atoms with Gasteiger partial charge in [0, 0.05) is 19.3 Å². The van der Waals surface area contributed by atoms with E-state index in [0.717, 1.165) is 12.2 Å². The van der Waals surface area contributed by atoms with Gasteiger partial charge in [0.15, 0.2) is 0 Å².